The molecule has 2 amide bonds. The lowest BCUT2D eigenvalue weighted by molar-refractivity contribution is -0.161. The first-order valence-electron chi connectivity index (χ1n) is 18.9. The highest BCUT2D eigenvalue weighted by molar-refractivity contribution is 7.90. The number of Topliss-reactive ketones (excluding diaryl/α,β-unsaturated/α-hetero) is 1. The highest BCUT2D eigenvalue weighted by atomic mass is 32.2. The minimum atomic E-state index is -3.68. The zero-order valence-corrected chi connectivity index (χ0v) is 35.6. The molecule has 0 unspecified atom stereocenters. The number of anilines is 2. The Bertz CT molecular complexity index is 2500. The van der Waals surface area contributed by atoms with Crippen molar-refractivity contribution in [3.63, 3.8) is 0 Å². The van der Waals surface area contributed by atoms with Gasteiger partial charge < -0.3 is 24.3 Å². The fourth-order valence-electron chi connectivity index (χ4n) is 5.90. The molecule has 2 aromatic heterocycles. The average molecular weight is 846 g/mol. The Morgan fingerprint density at radius 1 is 0.883 bits per heavy atom. The summed E-state index contributed by atoms with van der Waals surface area (Å²) in [5.41, 5.74) is 0.978. The third-order valence-corrected chi connectivity index (χ3v) is 10.9. The molecule has 0 aliphatic carbocycles. The molecule has 60 heavy (non-hydrogen) atoms. The number of alkyl carbamates (subject to hydrolysis) is 1. The van der Waals surface area contributed by atoms with Crippen LogP contribution in [0.15, 0.2) is 90.0 Å². The van der Waals surface area contributed by atoms with Crippen LogP contribution in [-0.2, 0) is 40.1 Å². The number of ether oxygens (including phenoxy) is 4. The zero-order valence-electron chi connectivity index (χ0n) is 34.8. The van der Waals surface area contributed by atoms with Crippen molar-refractivity contribution < 1.29 is 50.9 Å². The van der Waals surface area contributed by atoms with Gasteiger partial charge >= 0.3 is 18.2 Å². The summed E-state index contributed by atoms with van der Waals surface area (Å²) in [5.74, 6) is -2.41. The van der Waals surface area contributed by atoms with Gasteiger partial charge in [0.25, 0.3) is 5.95 Å². The van der Waals surface area contributed by atoms with Crippen molar-refractivity contribution in [1.82, 2.24) is 19.9 Å². The lowest BCUT2D eigenvalue weighted by Gasteiger charge is -2.33. The molecule has 15 nitrogen and oxygen atoms in total. The van der Waals surface area contributed by atoms with E-state index in [1.807, 2.05) is 24.3 Å². The second kappa shape index (κ2) is 17.9. The molecule has 0 bridgehead atoms. The second-order valence-corrected chi connectivity index (χ2v) is 17.6. The summed E-state index contributed by atoms with van der Waals surface area (Å²) in [4.78, 5) is 58.2. The maximum absolute atomic E-state index is 13.9. The molecule has 2 atom stereocenters. The molecule has 17 heteroatoms. The molecule has 0 aliphatic rings. The number of ketones is 1. The number of esters is 1. The van der Waals surface area contributed by atoms with Gasteiger partial charge in [-0.2, -0.15) is 4.98 Å². The number of hydrogen-bond acceptors (Lipinski definition) is 12. The largest absolute Gasteiger partial charge is 0.495 e. The number of hydrogen-bond donors (Lipinski definition) is 1. The molecule has 318 valence electrons. The number of fused-ring (bicyclic) bond motifs is 1. The summed E-state index contributed by atoms with van der Waals surface area (Å²) in [7, 11) is -2.39. The molecule has 5 aromatic rings. The lowest BCUT2D eigenvalue weighted by Crippen LogP contribution is -2.57. The molecule has 0 radical (unpaired) electrons. The Balaban J connectivity index is 1.39. The number of carbonyl (C=O) groups is 4. The van der Waals surface area contributed by atoms with E-state index in [2.05, 4.69) is 15.4 Å². The molecule has 0 aliphatic heterocycles. The smallest absolute Gasteiger partial charge is 0.424 e. The minimum absolute atomic E-state index is 0.00912. The van der Waals surface area contributed by atoms with Crippen LogP contribution in [0.2, 0.25) is 0 Å². The first kappa shape index (κ1) is 44.7. The number of benzene rings is 3. The predicted octanol–water partition coefficient (Wildman–Crippen LogP) is 7.58. The predicted molar refractivity (Wildman–Crippen MR) is 220 cm³/mol. The average Bonchev–Trinajstić information content (AvgIpc) is 3.60. The van der Waals surface area contributed by atoms with Crippen LogP contribution in [-0.4, -0.2) is 78.3 Å². The van der Waals surface area contributed by atoms with Crippen LogP contribution < -0.4 is 15.0 Å². The molecule has 0 saturated carbocycles. The van der Waals surface area contributed by atoms with Gasteiger partial charge in [0, 0.05) is 36.4 Å². The Morgan fingerprint density at radius 2 is 1.53 bits per heavy atom. The van der Waals surface area contributed by atoms with Gasteiger partial charge in [-0.1, -0.05) is 57.2 Å². The molecule has 5 rings (SSSR count). The van der Waals surface area contributed by atoms with Crippen LogP contribution in [0.1, 0.15) is 65.5 Å². The number of nitrogens with one attached hydrogen (secondary N) is 1. The van der Waals surface area contributed by atoms with E-state index in [1.165, 1.54) is 48.9 Å². The summed E-state index contributed by atoms with van der Waals surface area (Å²) >= 11 is 0. The lowest BCUT2D eigenvalue weighted by atomic mass is 9.88. The third-order valence-electron chi connectivity index (χ3n) is 9.75. The van der Waals surface area contributed by atoms with Crippen molar-refractivity contribution in [3.05, 3.63) is 102 Å². The van der Waals surface area contributed by atoms with Gasteiger partial charge in [0.1, 0.15) is 28.5 Å². The van der Waals surface area contributed by atoms with Crippen LogP contribution in [0.3, 0.4) is 0 Å². The van der Waals surface area contributed by atoms with Gasteiger partial charge in [-0.3, -0.25) is 4.79 Å². The number of nitrogens with zero attached hydrogens (tertiary/aromatic N) is 4. The standard InChI is InChI=1S/C43H48FN5O10S/c1-26(2)43(7,46-40(52)59-42(4,5)6)38(51)57-25-58-41(53)49(34-20-19-33(60(9,54)55)23-36(34)56-8)39-45-37-21-16-31(24-48(37)47-39)30-12-10-28(11-13-30)22-35(50)27(3)29-14-17-32(44)18-15-29/h10-21,23-24,26-27H,22,25H2,1-9H3,(H,46,52)/t27-,43+/m1/s1. The van der Waals surface area contributed by atoms with Crippen LogP contribution in [0.4, 0.5) is 25.6 Å². The van der Waals surface area contributed by atoms with E-state index in [1.54, 1.807) is 72.0 Å². The van der Waals surface area contributed by atoms with E-state index in [4.69, 9.17) is 18.9 Å². The van der Waals surface area contributed by atoms with Gasteiger partial charge in [-0.25, -0.2) is 36.6 Å². The van der Waals surface area contributed by atoms with Gasteiger partial charge in [0.15, 0.2) is 15.5 Å². The van der Waals surface area contributed by atoms with Crippen molar-refractivity contribution in [2.75, 3.05) is 25.1 Å². The summed E-state index contributed by atoms with van der Waals surface area (Å²) in [6, 6.07) is 20.6. The number of halogens is 1. The molecule has 3 aromatic carbocycles. The van der Waals surface area contributed by atoms with Crippen LogP contribution in [0, 0.1) is 11.7 Å². The number of amides is 2. The maximum Gasteiger partial charge on any atom is 0.424 e. The van der Waals surface area contributed by atoms with E-state index < -0.39 is 57.8 Å². The fraction of sp³-hybridized carbons (Fsp3) is 0.349. The monoisotopic (exact) mass is 845 g/mol. The number of pyridine rings is 1. The van der Waals surface area contributed by atoms with Crippen LogP contribution in [0.25, 0.3) is 16.8 Å². The fourth-order valence-corrected chi connectivity index (χ4v) is 6.54. The molecule has 1 N–H and O–H groups in total. The van der Waals surface area contributed by atoms with E-state index in [9.17, 15) is 32.0 Å². The van der Waals surface area contributed by atoms with Crippen LogP contribution >= 0.6 is 0 Å². The summed E-state index contributed by atoms with van der Waals surface area (Å²) in [6.07, 6.45) is 0.930. The van der Waals surface area contributed by atoms with E-state index in [0.29, 0.717) is 5.65 Å². The Labute approximate surface area is 347 Å². The first-order chi connectivity index (χ1) is 28.1. The second-order valence-electron chi connectivity index (χ2n) is 15.6. The number of carbonyl (C=O) groups excluding carboxylic acids is 4. The quantitative estimate of drug-likeness (QED) is 0.0855. The first-order valence-corrected chi connectivity index (χ1v) is 20.8. The highest BCUT2D eigenvalue weighted by Gasteiger charge is 2.41. The van der Waals surface area contributed by atoms with Crippen molar-refractivity contribution in [1.29, 1.82) is 0 Å². The van der Waals surface area contributed by atoms with Gasteiger partial charge in [0.05, 0.1) is 17.7 Å². The van der Waals surface area contributed by atoms with Crippen molar-refractivity contribution in [2.24, 2.45) is 5.92 Å². The SMILES string of the molecule is COc1cc(S(C)(=O)=O)ccc1N(C(=O)OCOC(=O)[C@@](C)(NC(=O)OC(C)(C)C)C(C)C)c1nc2ccc(-c3ccc(CC(=O)[C@H](C)c4ccc(F)cc4)cc3)cn2n1. The van der Waals surface area contributed by atoms with Crippen molar-refractivity contribution >= 4 is 51.1 Å². The van der Waals surface area contributed by atoms with Crippen LogP contribution in [0.5, 0.6) is 5.75 Å². The van der Waals surface area contributed by atoms with E-state index >= 15 is 0 Å². The number of methoxy groups -OCH3 is 1. The number of aromatic nitrogens is 3. The van der Waals surface area contributed by atoms with E-state index in [0.717, 1.165) is 33.4 Å². The Kier molecular flexibility index (Phi) is 13.3. The molecular formula is C43H48FN5O10S. The number of rotatable bonds is 14. The Hall–Kier alpha value is -6.36. The molecule has 0 fully saturated rings. The van der Waals surface area contributed by atoms with Gasteiger partial charge in [-0.05, 0) is 86.7 Å². The van der Waals surface area contributed by atoms with Crippen molar-refractivity contribution in [3.8, 4) is 16.9 Å². The molecular weight excluding hydrogens is 798 g/mol. The van der Waals surface area contributed by atoms with Gasteiger partial charge in [0.2, 0.25) is 6.79 Å². The third kappa shape index (κ3) is 10.6. The molecule has 0 saturated heterocycles. The summed E-state index contributed by atoms with van der Waals surface area (Å²) < 4.78 is 61.1. The molecule has 2 heterocycles. The summed E-state index contributed by atoms with van der Waals surface area (Å²) in [5, 5.41) is 7.09. The normalized spacial score (nSPS) is 13.2. The zero-order chi connectivity index (χ0) is 44.2. The minimum Gasteiger partial charge on any atom is -0.495 e. The van der Waals surface area contributed by atoms with Crippen molar-refractivity contribution in [2.45, 2.75) is 76.8 Å². The summed E-state index contributed by atoms with van der Waals surface area (Å²) in [6.45, 7) is 10.8. The van der Waals surface area contributed by atoms with Gasteiger partial charge in [-0.15, -0.1) is 5.10 Å². The van der Waals surface area contributed by atoms with E-state index in [-0.39, 0.29) is 40.3 Å². The molecule has 0 spiro atoms. The highest BCUT2D eigenvalue weighted by Crippen LogP contribution is 2.36. The Morgan fingerprint density at radius 3 is 2.13 bits per heavy atom. The maximum atomic E-state index is 13.9. The number of sulfone groups is 1. The topological polar surface area (TPSA) is 185 Å².